The normalized spacial score (nSPS) is 12.7. The van der Waals surface area contributed by atoms with E-state index in [-0.39, 0.29) is 9.77 Å². The molecule has 0 radical (unpaired) electrons. The number of benzene rings is 1. The minimum absolute atomic E-state index is 0.00901. The van der Waals surface area contributed by atoms with Crippen LogP contribution in [0.5, 0.6) is 0 Å². The predicted octanol–water partition coefficient (Wildman–Crippen LogP) is 3.77. The van der Waals surface area contributed by atoms with Gasteiger partial charge in [0, 0.05) is 17.0 Å². The van der Waals surface area contributed by atoms with Gasteiger partial charge in [-0.15, -0.1) is 0 Å². The van der Waals surface area contributed by atoms with Crippen LogP contribution in [0, 0.1) is 0 Å². The van der Waals surface area contributed by atoms with Gasteiger partial charge in [0.2, 0.25) is 15.9 Å². The third kappa shape index (κ3) is 8.18. The van der Waals surface area contributed by atoms with Crippen LogP contribution in [-0.4, -0.2) is 44.2 Å². The summed E-state index contributed by atoms with van der Waals surface area (Å²) in [4.78, 5) is 12.1. The molecular formula is C16H22ClF3N2O3S2. The van der Waals surface area contributed by atoms with Gasteiger partial charge in [-0.1, -0.05) is 32.4 Å². The molecule has 0 spiro atoms. The molecule has 1 rings (SSSR count). The van der Waals surface area contributed by atoms with E-state index < -0.39 is 39.9 Å². The molecule has 0 saturated heterocycles. The number of hydrogen-bond acceptors (Lipinski definition) is 4. The summed E-state index contributed by atoms with van der Waals surface area (Å²) in [6.07, 6.45) is -3.87. The van der Waals surface area contributed by atoms with Crippen LogP contribution in [0.2, 0.25) is 5.02 Å². The lowest BCUT2D eigenvalue weighted by atomic mass is 10.2. The molecule has 0 bridgehead atoms. The van der Waals surface area contributed by atoms with Crippen LogP contribution in [0.1, 0.15) is 26.3 Å². The van der Waals surface area contributed by atoms with Gasteiger partial charge in [0.1, 0.15) is 6.54 Å². The zero-order valence-electron chi connectivity index (χ0n) is 15.4. The Morgan fingerprint density at radius 3 is 2.33 bits per heavy atom. The number of nitrogens with zero attached hydrogens (tertiary/aromatic N) is 1. The van der Waals surface area contributed by atoms with Crippen LogP contribution in [0.25, 0.3) is 0 Å². The molecule has 0 aliphatic carbocycles. The number of alkyl halides is 3. The fraction of sp³-hybridized carbons (Fsp3) is 0.562. The molecule has 5 nitrogen and oxygen atoms in total. The largest absolute Gasteiger partial charge is 0.416 e. The highest BCUT2D eigenvalue weighted by Crippen LogP contribution is 2.36. The molecule has 0 heterocycles. The Balaban J connectivity index is 2.97. The Morgan fingerprint density at radius 2 is 1.85 bits per heavy atom. The summed E-state index contributed by atoms with van der Waals surface area (Å²) in [5.74, 6) is -0.0262. The van der Waals surface area contributed by atoms with E-state index >= 15 is 0 Å². The van der Waals surface area contributed by atoms with Crippen molar-refractivity contribution in [1.29, 1.82) is 0 Å². The minimum atomic E-state index is -4.67. The highest BCUT2D eigenvalue weighted by molar-refractivity contribution is 8.00. The van der Waals surface area contributed by atoms with Crippen molar-refractivity contribution in [3.8, 4) is 0 Å². The number of amides is 1. The Hall–Kier alpha value is -1.13. The quantitative estimate of drug-likeness (QED) is 0.647. The maximum Gasteiger partial charge on any atom is 0.416 e. The predicted molar refractivity (Wildman–Crippen MR) is 104 cm³/mol. The van der Waals surface area contributed by atoms with E-state index in [9.17, 15) is 26.4 Å². The van der Waals surface area contributed by atoms with Crippen LogP contribution in [0.4, 0.5) is 18.9 Å². The van der Waals surface area contributed by atoms with Crippen LogP contribution in [0.15, 0.2) is 18.2 Å². The van der Waals surface area contributed by atoms with Gasteiger partial charge >= 0.3 is 6.18 Å². The Morgan fingerprint density at radius 1 is 1.26 bits per heavy atom. The second kappa shape index (κ2) is 8.91. The van der Waals surface area contributed by atoms with Crippen LogP contribution >= 0.6 is 23.4 Å². The van der Waals surface area contributed by atoms with Gasteiger partial charge in [0.15, 0.2) is 0 Å². The van der Waals surface area contributed by atoms with Gasteiger partial charge in [-0.2, -0.15) is 24.9 Å². The third-order valence-corrected chi connectivity index (χ3v) is 5.91. The maximum atomic E-state index is 12.9. The second-order valence-electron chi connectivity index (χ2n) is 6.74. The molecule has 0 aliphatic rings. The van der Waals surface area contributed by atoms with Crippen molar-refractivity contribution >= 4 is 45.0 Å². The molecule has 1 amide bonds. The number of sulfonamides is 1. The number of rotatable bonds is 7. The topological polar surface area (TPSA) is 66.5 Å². The number of carbonyl (C=O) groups is 1. The molecule has 0 aromatic heterocycles. The molecule has 0 fully saturated rings. The van der Waals surface area contributed by atoms with Crippen molar-refractivity contribution in [2.75, 3.05) is 29.4 Å². The number of hydrogen-bond donors (Lipinski definition) is 1. The standard InChI is InChI=1S/C16H22ClF3N2O3S2/c1-15(2,3)26-8-7-21-14(23)10-22(27(4,24)25)13-9-11(16(18,19)20)5-6-12(13)17/h5-6,9H,7-8,10H2,1-4H3,(H,21,23). The van der Waals surface area contributed by atoms with Crippen LogP contribution in [-0.2, 0) is 21.0 Å². The first kappa shape index (κ1) is 23.9. The maximum absolute atomic E-state index is 12.9. The van der Waals surface area contributed by atoms with Crippen LogP contribution in [0.3, 0.4) is 0 Å². The van der Waals surface area contributed by atoms with Crippen molar-refractivity contribution in [3.63, 3.8) is 0 Å². The van der Waals surface area contributed by atoms with E-state index in [0.717, 1.165) is 18.4 Å². The van der Waals surface area contributed by atoms with E-state index in [4.69, 9.17) is 11.6 Å². The van der Waals surface area contributed by atoms with E-state index in [1.54, 1.807) is 11.8 Å². The SMILES string of the molecule is CC(C)(C)SCCNC(=O)CN(c1cc(C(F)(F)F)ccc1Cl)S(C)(=O)=O. The summed E-state index contributed by atoms with van der Waals surface area (Å²) in [7, 11) is -4.04. The second-order valence-corrected chi connectivity index (χ2v) is 11.0. The van der Waals surface area contributed by atoms with E-state index in [0.29, 0.717) is 22.7 Å². The monoisotopic (exact) mass is 446 g/mol. The number of anilines is 1. The first-order chi connectivity index (χ1) is 12.1. The molecule has 1 N–H and O–H groups in total. The van der Waals surface area contributed by atoms with Gasteiger partial charge in [-0.3, -0.25) is 9.10 Å². The fourth-order valence-electron chi connectivity index (χ4n) is 2.00. The molecule has 0 unspecified atom stereocenters. The van der Waals surface area contributed by atoms with Crippen molar-refractivity contribution < 1.29 is 26.4 Å². The van der Waals surface area contributed by atoms with Gasteiger partial charge in [-0.05, 0) is 18.2 Å². The number of halogens is 4. The van der Waals surface area contributed by atoms with Gasteiger partial charge in [-0.25, -0.2) is 8.42 Å². The van der Waals surface area contributed by atoms with Gasteiger partial charge in [0.05, 0.1) is 22.5 Å². The summed E-state index contributed by atoms with van der Waals surface area (Å²) in [5.41, 5.74) is -1.45. The first-order valence-electron chi connectivity index (χ1n) is 7.86. The number of carbonyl (C=O) groups excluding carboxylic acids is 1. The Labute approximate surface area is 166 Å². The molecule has 0 saturated carbocycles. The molecule has 27 heavy (non-hydrogen) atoms. The van der Waals surface area contributed by atoms with Crippen molar-refractivity contribution in [2.24, 2.45) is 0 Å². The average molecular weight is 447 g/mol. The molecule has 154 valence electrons. The Kier molecular flexibility index (Phi) is 7.89. The summed E-state index contributed by atoms with van der Waals surface area (Å²) in [5, 5.41) is 2.36. The summed E-state index contributed by atoms with van der Waals surface area (Å²) in [6, 6.07) is 2.32. The van der Waals surface area contributed by atoms with Gasteiger partial charge in [0.25, 0.3) is 0 Å². The summed E-state index contributed by atoms with van der Waals surface area (Å²) in [6.45, 7) is 5.68. The van der Waals surface area contributed by atoms with E-state index in [2.05, 4.69) is 5.32 Å². The lowest BCUT2D eigenvalue weighted by Gasteiger charge is -2.24. The van der Waals surface area contributed by atoms with Crippen molar-refractivity contribution in [3.05, 3.63) is 28.8 Å². The summed E-state index contributed by atoms with van der Waals surface area (Å²) >= 11 is 7.51. The smallest absolute Gasteiger partial charge is 0.354 e. The number of nitrogens with one attached hydrogen (secondary N) is 1. The molecule has 1 aromatic carbocycles. The molecule has 1 aromatic rings. The van der Waals surface area contributed by atoms with E-state index in [1.807, 2.05) is 20.8 Å². The minimum Gasteiger partial charge on any atom is -0.354 e. The molecule has 0 atom stereocenters. The fourth-order valence-corrected chi connectivity index (χ4v) is 3.94. The van der Waals surface area contributed by atoms with Crippen LogP contribution < -0.4 is 9.62 Å². The average Bonchev–Trinajstić information content (AvgIpc) is 2.47. The third-order valence-electron chi connectivity index (χ3n) is 3.19. The summed E-state index contributed by atoms with van der Waals surface area (Å²) < 4.78 is 63.5. The van der Waals surface area contributed by atoms with Crippen molar-refractivity contribution in [1.82, 2.24) is 5.32 Å². The zero-order valence-corrected chi connectivity index (χ0v) is 17.7. The van der Waals surface area contributed by atoms with E-state index in [1.165, 1.54) is 0 Å². The van der Waals surface area contributed by atoms with Gasteiger partial charge < -0.3 is 5.32 Å². The van der Waals surface area contributed by atoms with Crippen molar-refractivity contribution in [2.45, 2.75) is 31.7 Å². The lowest BCUT2D eigenvalue weighted by molar-refractivity contribution is -0.137. The molecule has 0 aliphatic heterocycles. The zero-order chi connectivity index (χ0) is 21.0. The number of thioether (sulfide) groups is 1. The molecular weight excluding hydrogens is 425 g/mol. The highest BCUT2D eigenvalue weighted by atomic mass is 35.5. The molecule has 11 heteroatoms. The lowest BCUT2D eigenvalue weighted by Crippen LogP contribution is -2.41. The highest BCUT2D eigenvalue weighted by Gasteiger charge is 2.33. The first-order valence-corrected chi connectivity index (χ1v) is 11.1. The Bertz CT molecular complexity index is 778.